The third kappa shape index (κ3) is 5.36. The number of sulfonamides is 1. The molecule has 0 radical (unpaired) electrons. The number of carbonyl (C=O) groups excluding carboxylic acids is 1. The van der Waals surface area contributed by atoms with E-state index in [4.69, 9.17) is 4.74 Å². The smallest absolute Gasteiger partial charge is 0.243 e. The van der Waals surface area contributed by atoms with Crippen LogP contribution in [0.3, 0.4) is 0 Å². The molecule has 1 atom stereocenters. The van der Waals surface area contributed by atoms with Gasteiger partial charge in [0, 0.05) is 6.04 Å². The minimum absolute atomic E-state index is 0.144. The van der Waals surface area contributed by atoms with Crippen molar-refractivity contribution in [2.75, 3.05) is 17.2 Å². The number of anilines is 1. The van der Waals surface area contributed by atoms with Crippen LogP contribution in [-0.2, 0) is 14.8 Å². The predicted octanol–water partition coefficient (Wildman–Crippen LogP) is 2.69. The van der Waals surface area contributed by atoms with E-state index in [1.54, 1.807) is 31.2 Å². The molecule has 6 nitrogen and oxygen atoms in total. The van der Waals surface area contributed by atoms with Crippen LogP contribution in [0.5, 0.6) is 5.75 Å². The van der Waals surface area contributed by atoms with E-state index in [-0.39, 0.29) is 11.9 Å². The van der Waals surface area contributed by atoms with Gasteiger partial charge in [-0.15, -0.1) is 0 Å². The molecule has 140 valence electrons. The van der Waals surface area contributed by atoms with Crippen molar-refractivity contribution in [1.29, 1.82) is 0 Å². The Bertz CT molecular complexity index is 667. The highest BCUT2D eigenvalue weighted by atomic mass is 32.2. The molecule has 1 fully saturated rings. The number of amides is 1. The zero-order chi connectivity index (χ0) is 18.4. The molecule has 1 N–H and O–H groups in total. The average molecular weight is 368 g/mol. The highest BCUT2D eigenvalue weighted by molar-refractivity contribution is 7.92. The van der Waals surface area contributed by atoms with Crippen LogP contribution >= 0.6 is 0 Å². The zero-order valence-electron chi connectivity index (χ0n) is 15.2. The SMILES string of the molecule is CCOc1ccc(N([C@@H](C)C(=O)NC2CCCCC2)S(C)(=O)=O)cc1. The van der Waals surface area contributed by atoms with E-state index in [0.29, 0.717) is 18.0 Å². The van der Waals surface area contributed by atoms with Gasteiger partial charge in [-0.25, -0.2) is 8.42 Å². The fourth-order valence-electron chi connectivity index (χ4n) is 3.23. The molecule has 1 aliphatic rings. The highest BCUT2D eigenvalue weighted by Crippen LogP contribution is 2.24. The van der Waals surface area contributed by atoms with Crippen LogP contribution in [0.25, 0.3) is 0 Å². The summed E-state index contributed by atoms with van der Waals surface area (Å²) in [6, 6.07) is 6.08. The summed E-state index contributed by atoms with van der Waals surface area (Å²) in [5, 5.41) is 3.00. The Hall–Kier alpha value is -1.76. The largest absolute Gasteiger partial charge is 0.494 e. The Balaban J connectivity index is 2.16. The fourth-order valence-corrected chi connectivity index (χ4v) is 4.41. The van der Waals surface area contributed by atoms with Crippen molar-refractivity contribution in [3.8, 4) is 5.75 Å². The topological polar surface area (TPSA) is 75.7 Å². The number of nitrogens with one attached hydrogen (secondary N) is 1. The molecule has 0 heterocycles. The minimum atomic E-state index is -3.60. The first-order valence-corrected chi connectivity index (χ1v) is 10.7. The quantitative estimate of drug-likeness (QED) is 0.803. The normalized spacial score (nSPS) is 16.9. The van der Waals surface area contributed by atoms with Gasteiger partial charge in [-0.1, -0.05) is 19.3 Å². The van der Waals surface area contributed by atoms with Gasteiger partial charge in [0.25, 0.3) is 0 Å². The van der Waals surface area contributed by atoms with Gasteiger partial charge < -0.3 is 10.1 Å². The monoisotopic (exact) mass is 368 g/mol. The van der Waals surface area contributed by atoms with E-state index in [1.807, 2.05) is 6.92 Å². The molecule has 0 unspecified atom stereocenters. The summed E-state index contributed by atoms with van der Waals surface area (Å²) in [6.07, 6.45) is 6.44. The van der Waals surface area contributed by atoms with Crippen molar-refractivity contribution in [3.63, 3.8) is 0 Å². The minimum Gasteiger partial charge on any atom is -0.494 e. The third-order valence-corrected chi connectivity index (χ3v) is 5.68. The van der Waals surface area contributed by atoms with E-state index < -0.39 is 16.1 Å². The van der Waals surface area contributed by atoms with Crippen LogP contribution in [0.4, 0.5) is 5.69 Å². The number of benzene rings is 1. The summed E-state index contributed by atoms with van der Waals surface area (Å²) in [6.45, 7) is 4.04. The van der Waals surface area contributed by atoms with Crippen LogP contribution in [-0.4, -0.2) is 39.3 Å². The number of nitrogens with zero attached hydrogens (tertiary/aromatic N) is 1. The van der Waals surface area contributed by atoms with E-state index in [2.05, 4.69) is 5.32 Å². The molecule has 0 aromatic heterocycles. The van der Waals surface area contributed by atoms with Crippen molar-refractivity contribution in [1.82, 2.24) is 5.32 Å². The van der Waals surface area contributed by atoms with Gasteiger partial charge in [0.2, 0.25) is 15.9 Å². The third-order valence-electron chi connectivity index (χ3n) is 4.44. The molecule has 1 saturated carbocycles. The zero-order valence-corrected chi connectivity index (χ0v) is 16.0. The van der Waals surface area contributed by atoms with E-state index in [9.17, 15) is 13.2 Å². The molecular weight excluding hydrogens is 340 g/mol. The van der Waals surface area contributed by atoms with Crippen LogP contribution in [0.2, 0.25) is 0 Å². The number of carbonyl (C=O) groups is 1. The maximum absolute atomic E-state index is 12.6. The first-order chi connectivity index (χ1) is 11.8. The first-order valence-electron chi connectivity index (χ1n) is 8.85. The number of hydrogen-bond donors (Lipinski definition) is 1. The van der Waals surface area contributed by atoms with Crippen LogP contribution in [0, 0.1) is 0 Å². The van der Waals surface area contributed by atoms with Crippen molar-refractivity contribution in [2.45, 2.75) is 58.0 Å². The molecule has 0 saturated heterocycles. The molecule has 1 aliphatic carbocycles. The average Bonchev–Trinajstić information content (AvgIpc) is 2.56. The molecule has 0 bridgehead atoms. The standard InChI is InChI=1S/C18H28N2O4S/c1-4-24-17-12-10-16(11-13-17)20(25(3,22)23)14(2)18(21)19-15-8-6-5-7-9-15/h10-15H,4-9H2,1-3H3,(H,19,21)/t14-/m0/s1. The number of ether oxygens (including phenoxy) is 1. The van der Waals surface area contributed by atoms with E-state index in [1.165, 1.54) is 10.7 Å². The predicted molar refractivity (Wildman–Crippen MR) is 99.4 cm³/mol. The second kappa shape index (κ2) is 8.56. The maximum atomic E-state index is 12.6. The van der Waals surface area contributed by atoms with Gasteiger partial charge in [-0.05, 0) is 51.0 Å². The molecule has 0 aliphatic heterocycles. The Morgan fingerprint density at radius 2 is 1.84 bits per heavy atom. The molecule has 1 aromatic carbocycles. The van der Waals surface area contributed by atoms with Crippen molar-refractivity contribution < 1.29 is 17.9 Å². The van der Waals surface area contributed by atoms with Gasteiger partial charge in [0.05, 0.1) is 18.6 Å². The lowest BCUT2D eigenvalue weighted by Crippen LogP contribution is -2.50. The van der Waals surface area contributed by atoms with E-state index in [0.717, 1.165) is 31.9 Å². The summed E-state index contributed by atoms with van der Waals surface area (Å²) in [4.78, 5) is 12.6. The summed E-state index contributed by atoms with van der Waals surface area (Å²) >= 11 is 0. The Morgan fingerprint density at radius 3 is 2.36 bits per heavy atom. The lowest BCUT2D eigenvalue weighted by molar-refractivity contribution is -0.122. The van der Waals surface area contributed by atoms with E-state index >= 15 is 0 Å². The molecule has 0 spiro atoms. The van der Waals surface area contributed by atoms with Crippen molar-refractivity contribution >= 4 is 21.6 Å². The van der Waals surface area contributed by atoms with Gasteiger partial charge >= 0.3 is 0 Å². The summed E-state index contributed by atoms with van der Waals surface area (Å²) in [5.41, 5.74) is 0.456. The second-order valence-corrected chi connectivity index (χ2v) is 8.36. The summed E-state index contributed by atoms with van der Waals surface area (Å²) < 4.78 is 31.1. The molecule has 1 aromatic rings. The molecular formula is C18H28N2O4S. The van der Waals surface area contributed by atoms with Crippen molar-refractivity contribution in [2.24, 2.45) is 0 Å². The molecule has 7 heteroatoms. The van der Waals surface area contributed by atoms with Crippen LogP contribution < -0.4 is 14.4 Å². The molecule has 25 heavy (non-hydrogen) atoms. The van der Waals surface area contributed by atoms with Gasteiger partial charge in [0.1, 0.15) is 11.8 Å². The molecule has 1 amide bonds. The number of hydrogen-bond acceptors (Lipinski definition) is 4. The van der Waals surface area contributed by atoms with Gasteiger partial charge in [0.15, 0.2) is 0 Å². The van der Waals surface area contributed by atoms with Gasteiger partial charge in [-0.2, -0.15) is 0 Å². The summed E-state index contributed by atoms with van der Waals surface area (Å²) in [5.74, 6) is 0.408. The van der Waals surface area contributed by atoms with Crippen molar-refractivity contribution in [3.05, 3.63) is 24.3 Å². The fraction of sp³-hybridized carbons (Fsp3) is 0.611. The second-order valence-electron chi connectivity index (χ2n) is 6.51. The first kappa shape index (κ1) is 19.6. The Kier molecular flexibility index (Phi) is 6.70. The lowest BCUT2D eigenvalue weighted by Gasteiger charge is -2.30. The van der Waals surface area contributed by atoms with Crippen LogP contribution in [0.15, 0.2) is 24.3 Å². The maximum Gasteiger partial charge on any atom is 0.243 e. The summed E-state index contributed by atoms with van der Waals surface area (Å²) in [7, 11) is -3.60. The Labute approximate surface area is 150 Å². The van der Waals surface area contributed by atoms with Crippen LogP contribution in [0.1, 0.15) is 46.0 Å². The Morgan fingerprint density at radius 1 is 1.24 bits per heavy atom. The lowest BCUT2D eigenvalue weighted by atomic mass is 9.95. The number of rotatable bonds is 7. The van der Waals surface area contributed by atoms with Gasteiger partial charge in [-0.3, -0.25) is 9.10 Å². The highest BCUT2D eigenvalue weighted by Gasteiger charge is 2.30. The molecule has 2 rings (SSSR count).